The molecule has 3 heterocycles. The number of hydrogen-bond acceptors (Lipinski definition) is 4. The fourth-order valence-corrected chi connectivity index (χ4v) is 3.75. The molecular formula is C22H21ClN4O2. The molecule has 3 aromatic rings. The van der Waals surface area contributed by atoms with Crippen molar-refractivity contribution in [1.82, 2.24) is 19.9 Å². The van der Waals surface area contributed by atoms with E-state index in [1.165, 1.54) is 0 Å². The van der Waals surface area contributed by atoms with Crippen LogP contribution in [0.1, 0.15) is 30.0 Å². The first-order valence-corrected chi connectivity index (χ1v) is 10.0. The van der Waals surface area contributed by atoms with Gasteiger partial charge in [0.2, 0.25) is 5.91 Å². The van der Waals surface area contributed by atoms with Crippen molar-refractivity contribution in [3.8, 4) is 11.5 Å². The number of halogens is 1. The van der Waals surface area contributed by atoms with Crippen LogP contribution in [0.2, 0.25) is 5.02 Å². The highest BCUT2D eigenvalue weighted by molar-refractivity contribution is 6.30. The Bertz CT molecular complexity index is 1040. The van der Waals surface area contributed by atoms with Crippen LogP contribution in [-0.4, -0.2) is 38.8 Å². The fourth-order valence-electron chi connectivity index (χ4n) is 3.62. The predicted molar refractivity (Wildman–Crippen MR) is 112 cm³/mol. The van der Waals surface area contributed by atoms with Gasteiger partial charge in [-0.25, -0.2) is 4.98 Å². The Kier molecular flexibility index (Phi) is 5.71. The number of piperidine rings is 1. The Morgan fingerprint density at radius 1 is 1.14 bits per heavy atom. The van der Waals surface area contributed by atoms with E-state index in [9.17, 15) is 9.59 Å². The Morgan fingerprint density at radius 3 is 2.59 bits per heavy atom. The first-order chi connectivity index (χ1) is 14.1. The lowest BCUT2D eigenvalue weighted by Crippen LogP contribution is -2.39. The van der Waals surface area contributed by atoms with Crippen molar-refractivity contribution in [2.45, 2.75) is 25.2 Å². The number of nitrogens with one attached hydrogen (secondary N) is 1. The molecule has 7 heteroatoms. The smallest absolute Gasteiger partial charge is 0.251 e. The third-order valence-corrected chi connectivity index (χ3v) is 5.46. The summed E-state index contributed by atoms with van der Waals surface area (Å²) < 4.78 is 0. The number of aromatic amines is 1. The number of carbonyl (C=O) groups is 1. The van der Waals surface area contributed by atoms with E-state index in [0.717, 1.165) is 24.1 Å². The molecule has 4 rings (SSSR count). The molecule has 0 bridgehead atoms. The van der Waals surface area contributed by atoms with Crippen molar-refractivity contribution in [3.05, 3.63) is 81.4 Å². The zero-order valence-electron chi connectivity index (χ0n) is 15.8. The lowest BCUT2D eigenvalue weighted by atomic mass is 9.93. The van der Waals surface area contributed by atoms with Gasteiger partial charge in [0.1, 0.15) is 5.69 Å². The lowest BCUT2D eigenvalue weighted by Gasteiger charge is -2.32. The Balaban J connectivity index is 1.42. The molecular weight excluding hydrogens is 388 g/mol. The van der Waals surface area contributed by atoms with Gasteiger partial charge in [0.05, 0.1) is 12.1 Å². The summed E-state index contributed by atoms with van der Waals surface area (Å²) in [6, 6.07) is 14.4. The standard InChI is InChI=1S/C22H21ClN4O2/c23-17-6-4-15(5-7-17)13-21(29)27-11-8-16(9-12-27)19-14-20(28)26-22(25-19)18-3-1-2-10-24-18/h1-7,10,14,16H,8-9,11-13H2,(H,25,26,28). The maximum atomic E-state index is 12.6. The highest BCUT2D eigenvalue weighted by Gasteiger charge is 2.25. The van der Waals surface area contributed by atoms with Crippen molar-refractivity contribution in [3.63, 3.8) is 0 Å². The fraction of sp³-hybridized carbons (Fsp3) is 0.273. The van der Waals surface area contributed by atoms with Crippen LogP contribution in [0.15, 0.2) is 59.5 Å². The second kappa shape index (κ2) is 8.57. The van der Waals surface area contributed by atoms with E-state index in [1.807, 2.05) is 35.2 Å². The molecule has 1 saturated heterocycles. The molecule has 0 unspecified atom stereocenters. The largest absolute Gasteiger partial charge is 0.342 e. The normalized spacial score (nSPS) is 14.7. The van der Waals surface area contributed by atoms with E-state index < -0.39 is 0 Å². The topological polar surface area (TPSA) is 79.0 Å². The van der Waals surface area contributed by atoms with Crippen LogP contribution >= 0.6 is 11.6 Å². The highest BCUT2D eigenvalue weighted by Crippen LogP contribution is 2.27. The molecule has 1 aliphatic heterocycles. The quantitative estimate of drug-likeness (QED) is 0.717. The average Bonchev–Trinajstić information content (AvgIpc) is 2.75. The molecule has 0 spiro atoms. The Morgan fingerprint density at radius 2 is 1.90 bits per heavy atom. The zero-order chi connectivity index (χ0) is 20.2. The number of likely N-dealkylation sites (tertiary alicyclic amines) is 1. The van der Waals surface area contributed by atoms with E-state index in [0.29, 0.717) is 36.1 Å². The van der Waals surface area contributed by atoms with Gasteiger partial charge < -0.3 is 9.88 Å². The Hall–Kier alpha value is -2.99. The van der Waals surface area contributed by atoms with Gasteiger partial charge in [-0.3, -0.25) is 14.6 Å². The van der Waals surface area contributed by atoms with Gasteiger partial charge in [-0.15, -0.1) is 0 Å². The van der Waals surface area contributed by atoms with Crippen molar-refractivity contribution >= 4 is 17.5 Å². The van der Waals surface area contributed by atoms with E-state index in [-0.39, 0.29) is 17.4 Å². The molecule has 2 aromatic heterocycles. The van der Waals surface area contributed by atoms with Crippen molar-refractivity contribution < 1.29 is 4.79 Å². The highest BCUT2D eigenvalue weighted by atomic mass is 35.5. The van der Waals surface area contributed by atoms with Gasteiger partial charge in [-0.1, -0.05) is 29.8 Å². The minimum atomic E-state index is -0.183. The molecule has 1 amide bonds. The van der Waals surface area contributed by atoms with Gasteiger partial charge in [-0.2, -0.15) is 0 Å². The molecule has 0 saturated carbocycles. The average molecular weight is 409 g/mol. The molecule has 0 aliphatic carbocycles. The van der Waals surface area contributed by atoms with Crippen LogP contribution in [0.3, 0.4) is 0 Å². The van der Waals surface area contributed by atoms with E-state index in [4.69, 9.17) is 11.6 Å². The van der Waals surface area contributed by atoms with Crippen LogP contribution in [0.4, 0.5) is 0 Å². The summed E-state index contributed by atoms with van der Waals surface area (Å²) in [5.74, 6) is 0.743. The number of rotatable bonds is 4. The van der Waals surface area contributed by atoms with Crippen LogP contribution in [0.25, 0.3) is 11.5 Å². The SMILES string of the molecule is O=C(Cc1ccc(Cl)cc1)N1CCC(c2cc(=O)[nH]c(-c3ccccn3)n2)CC1. The summed E-state index contributed by atoms with van der Waals surface area (Å²) in [6.07, 6.45) is 3.61. The van der Waals surface area contributed by atoms with Crippen LogP contribution < -0.4 is 5.56 Å². The number of carbonyl (C=O) groups excluding carboxylic acids is 1. The number of amides is 1. The van der Waals surface area contributed by atoms with Gasteiger partial charge in [0, 0.05) is 36.3 Å². The summed E-state index contributed by atoms with van der Waals surface area (Å²) in [5, 5.41) is 0.664. The summed E-state index contributed by atoms with van der Waals surface area (Å²) in [6.45, 7) is 1.31. The summed E-state index contributed by atoms with van der Waals surface area (Å²) >= 11 is 5.90. The summed E-state index contributed by atoms with van der Waals surface area (Å²) in [4.78, 5) is 38.3. The molecule has 29 heavy (non-hydrogen) atoms. The van der Waals surface area contributed by atoms with E-state index >= 15 is 0 Å². The zero-order valence-corrected chi connectivity index (χ0v) is 16.6. The predicted octanol–water partition coefficient (Wildman–Crippen LogP) is 3.43. The van der Waals surface area contributed by atoms with Crippen molar-refractivity contribution in [2.75, 3.05) is 13.1 Å². The Labute approximate surface area is 173 Å². The molecule has 0 atom stereocenters. The first kappa shape index (κ1) is 19.3. The monoisotopic (exact) mass is 408 g/mol. The molecule has 6 nitrogen and oxygen atoms in total. The second-order valence-electron chi connectivity index (χ2n) is 7.19. The van der Waals surface area contributed by atoms with Gasteiger partial charge in [0.25, 0.3) is 5.56 Å². The lowest BCUT2D eigenvalue weighted by molar-refractivity contribution is -0.131. The third kappa shape index (κ3) is 4.71. The maximum absolute atomic E-state index is 12.6. The molecule has 148 valence electrons. The van der Waals surface area contributed by atoms with Crippen molar-refractivity contribution in [1.29, 1.82) is 0 Å². The van der Waals surface area contributed by atoms with Gasteiger partial charge >= 0.3 is 0 Å². The van der Waals surface area contributed by atoms with Gasteiger partial charge in [-0.05, 0) is 42.7 Å². The summed E-state index contributed by atoms with van der Waals surface area (Å²) in [7, 11) is 0. The minimum Gasteiger partial charge on any atom is -0.342 e. The number of H-pyrrole nitrogens is 1. The van der Waals surface area contributed by atoms with Crippen LogP contribution in [0.5, 0.6) is 0 Å². The maximum Gasteiger partial charge on any atom is 0.251 e. The van der Waals surface area contributed by atoms with Gasteiger partial charge in [0.15, 0.2) is 5.82 Å². The second-order valence-corrected chi connectivity index (χ2v) is 7.63. The third-order valence-electron chi connectivity index (χ3n) is 5.20. The molecule has 1 aromatic carbocycles. The van der Waals surface area contributed by atoms with Crippen LogP contribution in [0, 0.1) is 0 Å². The number of nitrogens with zero attached hydrogens (tertiary/aromatic N) is 3. The van der Waals surface area contributed by atoms with Crippen LogP contribution in [-0.2, 0) is 11.2 Å². The number of aromatic nitrogens is 3. The van der Waals surface area contributed by atoms with Crippen molar-refractivity contribution in [2.24, 2.45) is 0 Å². The molecule has 1 aliphatic rings. The number of hydrogen-bond donors (Lipinski definition) is 1. The molecule has 1 fully saturated rings. The molecule has 1 N–H and O–H groups in total. The number of pyridine rings is 1. The minimum absolute atomic E-state index is 0.110. The number of benzene rings is 1. The van der Waals surface area contributed by atoms with E-state index in [1.54, 1.807) is 24.4 Å². The van der Waals surface area contributed by atoms with E-state index in [2.05, 4.69) is 15.0 Å². The summed E-state index contributed by atoms with van der Waals surface area (Å²) in [5.41, 5.74) is 2.18. The first-order valence-electron chi connectivity index (χ1n) is 9.63. The molecule has 0 radical (unpaired) electrons.